The molecular formula is C17H20N2O3. The Bertz CT molecular complexity index is 626. The van der Waals surface area contributed by atoms with Crippen molar-refractivity contribution in [3.05, 3.63) is 58.7 Å². The van der Waals surface area contributed by atoms with Gasteiger partial charge in [0.1, 0.15) is 11.5 Å². The van der Waals surface area contributed by atoms with E-state index in [0.717, 1.165) is 11.1 Å². The molecule has 5 heteroatoms. The van der Waals surface area contributed by atoms with Crippen LogP contribution in [0, 0.1) is 0 Å². The first-order valence-corrected chi connectivity index (χ1v) is 6.93. The topological polar surface area (TPSA) is 87.6 Å². The molecule has 2 rings (SSSR count). The normalized spacial score (nSPS) is 10.4. The fraction of sp³-hybridized carbons (Fsp3) is 0.235. The summed E-state index contributed by atoms with van der Waals surface area (Å²) < 4.78 is 10.3. The molecule has 0 saturated carbocycles. The summed E-state index contributed by atoms with van der Waals surface area (Å²) in [6.07, 6.45) is 0. The Hall–Kier alpha value is -2.37. The summed E-state index contributed by atoms with van der Waals surface area (Å²) >= 11 is 0. The molecule has 116 valence electrons. The van der Waals surface area contributed by atoms with E-state index in [-0.39, 0.29) is 18.9 Å². The van der Waals surface area contributed by atoms with E-state index in [0.29, 0.717) is 22.6 Å². The molecule has 0 aromatic heterocycles. The van der Waals surface area contributed by atoms with Crippen molar-refractivity contribution in [1.82, 2.24) is 0 Å². The molecule has 0 aliphatic rings. The molecule has 0 atom stereocenters. The van der Waals surface area contributed by atoms with E-state index in [9.17, 15) is 4.79 Å². The Morgan fingerprint density at radius 1 is 0.864 bits per heavy atom. The van der Waals surface area contributed by atoms with E-state index < -0.39 is 0 Å². The SMILES string of the molecule is COc1ccc(C(=O)c2ccc(OC)cc2CN)c(CN)c1. The third kappa shape index (κ3) is 3.10. The fourth-order valence-electron chi connectivity index (χ4n) is 2.32. The summed E-state index contributed by atoms with van der Waals surface area (Å²) in [6.45, 7) is 0.513. The highest BCUT2D eigenvalue weighted by Gasteiger charge is 2.17. The van der Waals surface area contributed by atoms with Crippen LogP contribution in [0.1, 0.15) is 27.0 Å². The Morgan fingerprint density at radius 2 is 1.27 bits per heavy atom. The molecule has 0 spiro atoms. The van der Waals surface area contributed by atoms with Gasteiger partial charge < -0.3 is 20.9 Å². The molecule has 4 N–H and O–H groups in total. The van der Waals surface area contributed by atoms with Crippen LogP contribution in [0.2, 0.25) is 0 Å². The summed E-state index contributed by atoms with van der Waals surface area (Å²) in [6, 6.07) is 10.5. The van der Waals surface area contributed by atoms with Gasteiger partial charge in [-0.1, -0.05) is 0 Å². The van der Waals surface area contributed by atoms with Crippen molar-refractivity contribution in [3.63, 3.8) is 0 Å². The Balaban J connectivity index is 2.48. The number of rotatable bonds is 6. The van der Waals surface area contributed by atoms with Crippen LogP contribution in [0.15, 0.2) is 36.4 Å². The second-order valence-electron chi connectivity index (χ2n) is 4.78. The van der Waals surface area contributed by atoms with Gasteiger partial charge in [0.2, 0.25) is 0 Å². The number of hydrogen-bond acceptors (Lipinski definition) is 5. The molecule has 0 aliphatic carbocycles. The summed E-state index contributed by atoms with van der Waals surface area (Å²) in [5.41, 5.74) is 14.1. The number of hydrogen-bond donors (Lipinski definition) is 2. The largest absolute Gasteiger partial charge is 0.497 e. The standard InChI is InChI=1S/C17H20N2O3/c1-21-13-3-5-15(11(7-13)9-18)17(20)16-6-4-14(22-2)8-12(16)10-19/h3-8H,9-10,18-19H2,1-2H3. The van der Waals surface area contributed by atoms with Crippen LogP contribution in [0.3, 0.4) is 0 Å². The molecule has 0 saturated heterocycles. The minimum atomic E-state index is -0.105. The van der Waals surface area contributed by atoms with Crippen LogP contribution < -0.4 is 20.9 Å². The average Bonchev–Trinajstić information content (AvgIpc) is 2.59. The van der Waals surface area contributed by atoms with E-state index >= 15 is 0 Å². The lowest BCUT2D eigenvalue weighted by atomic mass is 9.94. The predicted molar refractivity (Wildman–Crippen MR) is 85.2 cm³/mol. The molecule has 0 fully saturated rings. The van der Waals surface area contributed by atoms with Gasteiger partial charge in [-0.15, -0.1) is 0 Å². The van der Waals surface area contributed by atoms with E-state index in [1.54, 1.807) is 50.6 Å². The maximum atomic E-state index is 12.8. The average molecular weight is 300 g/mol. The maximum Gasteiger partial charge on any atom is 0.193 e. The first kappa shape index (κ1) is 16.0. The molecule has 0 aliphatic heterocycles. The van der Waals surface area contributed by atoms with Gasteiger partial charge in [0.25, 0.3) is 0 Å². The second-order valence-corrected chi connectivity index (χ2v) is 4.78. The van der Waals surface area contributed by atoms with Gasteiger partial charge in [-0.05, 0) is 47.5 Å². The molecule has 2 aromatic rings. The van der Waals surface area contributed by atoms with E-state index in [1.165, 1.54) is 0 Å². The molecule has 0 heterocycles. The van der Waals surface area contributed by atoms with Crippen molar-refractivity contribution in [1.29, 1.82) is 0 Å². The number of benzene rings is 2. The van der Waals surface area contributed by atoms with E-state index in [4.69, 9.17) is 20.9 Å². The zero-order valence-corrected chi connectivity index (χ0v) is 12.8. The number of carbonyl (C=O) groups is 1. The van der Waals surface area contributed by atoms with Gasteiger partial charge >= 0.3 is 0 Å². The highest BCUT2D eigenvalue weighted by atomic mass is 16.5. The van der Waals surface area contributed by atoms with Gasteiger partial charge in [-0.2, -0.15) is 0 Å². The molecule has 22 heavy (non-hydrogen) atoms. The van der Waals surface area contributed by atoms with Crippen molar-refractivity contribution in [2.45, 2.75) is 13.1 Å². The minimum absolute atomic E-state index is 0.105. The van der Waals surface area contributed by atoms with Crippen LogP contribution in [0.4, 0.5) is 0 Å². The molecule has 0 radical (unpaired) electrons. The van der Waals surface area contributed by atoms with Crippen molar-refractivity contribution in [3.8, 4) is 11.5 Å². The van der Waals surface area contributed by atoms with Crippen LogP contribution in [0.5, 0.6) is 11.5 Å². The second kappa shape index (κ2) is 7.06. The van der Waals surface area contributed by atoms with Crippen molar-refractivity contribution in [2.24, 2.45) is 11.5 Å². The molecule has 2 aromatic carbocycles. The first-order valence-electron chi connectivity index (χ1n) is 6.93. The number of methoxy groups -OCH3 is 2. The number of carbonyl (C=O) groups excluding carboxylic acids is 1. The van der Waals surface area contributed by atoms with Crippen molar-refractivity contribution in [2.75, 3.05) is 14.2 Å². The van der Waals surface area contributed by atoms with Crippen molar-refractivity contribution >= 4 is 5.78 Å². The summed E-state index contributed by atoms with van der Waals surface area (Å²) in [4.78, 5) is 12.8. The fourth-order valence-corrected chi connectivity index (χ4v) is 2.32. The van der Waals surface area contributed by atoms with E-state index in [1.807, 2.05) is 0 Å². The lowest BCUT2D eigenvalue weighted by molar-refractivity contribution is 0.103. The third-order valence-electron chi connectivity index (χ3n) is 3.55. The molecule has 0 unspecified atom stereocenters. The number of ketones is 1. The lowest BCUT2D eigenvalue weighted by Crippen LogP contribution is -2.12. The Labute approximate surface area is 129 Å². The van der Waals surface area contributed by atoms with Crippen LogP contribution >= 0.6 is 0 Å². The van der Waals surface area contributed by atoms with Gasteiger partial charge in [0, 0.05) is 24.2 Å². The summed E-state index contributed by atoms with van der Waals surface area (Å²) in [5, 5.41) is 0. The smallest absolute Gasteiger partial charge is 0.193 e. The zero-order chi connectivity index (χ0) is 16.1. The van der Waals surface area contributed by atoms with Crippen LogP contribution in [-0.2, 0) is 13.1 Å². The van der Waals surface area contributed by atoms with Crippen LogP contribution in [-0.4, -0.2) is 20.0 Å². The molecule has 0 amide bonds. The van der Waals surface area contributed by atoms with Gasteiger partial charge in [-0.25, -0.2) is 0 Å². The minimum Gasteiger partial charge on any atom is -0.497 e. The Morgan fingerprint density at radius 3 is 1.59 bits per heavy atom. The highest BCUT2D eigenvalue weighted by molar-refractivity contribution is 6.11. The monoisotopic (exact) mass is 300 g/mol. The van der Waals surface area contributed by atoms with Crippen molar-refractivity contribution < 1.29 is 14.3 Å². The number of ether oxygens (including phenoxy) is 2. The predicted octanol–water partition coefficient (Wildman–Crippen LogP) is 1.85. The van der Waals surface area contributed by atoms with Gasteiger partial charge in [-0.3, -0.25) is 4.79 Å². The highest BCUT2D eigenvalue weighted by Crippen LogP contribution is 2.24. The maximum absolute atomic E-state index is 12.8. The van der Waals surface area contributed by atoms with Gasteiger partial charge in [0.15, 0.2) is 5.78 Å². The lowest BCUT2D eigenvalue weighted by Gasteiger charge is -2.12. The van der Waals surface area contributed by atoms with Gasteiger partial charge in [0.05, 0.1) is 14.2 Å². The molecule has 0 bridgehead atoms. The Kier molecular flexibility index (Phi) is 5.14. The first-order chi connectivity index (χ1) is 10.6. The summed E-state index contributed by atoms with van der Waals surface area (Å²) in [7, 11) is 3.15. The zero-order valence-electron chi connectivity index (χ0n) is 12.8. The molecule has 5 nitrogen and oxygen atoms in total. The van der Waals surface area contributed by atoms with Crippen LogP contribution in [0.25, 0.3) is 0 Å². The van der Waals surface area contributed by atoms with E-state index in [2.05, 4.69) is 0 Å². The third-order valence-corrected chi connectivity index (χ3v) is 3.55. The molecular weight excluding hydrogens is 280 g/mol. The summed E-state index contributed by atoms with van der Waals surface area (Å²) in [5.74, 6) is 1.24. The number of nitrogens with two attached hydrogens (primary N) is 2. The quantitative estimate of drug-likeness (QED) is 0.795.